The van der Waals surface area contributed by atoms with Crippen LogP contribution < -0.4 is 10.5 Å². The molecule has 0 amide bonds. The van der Waals surface area contributed by atoms with Crippen LogP contribution in [-0.4, -0.2) is 26.0 Å². The standard InChI is InChI=1S/C28H24F4N4O3/c1-14-10-17(12-21(34-14)24(31)32)22-23(16-5-7-18(29)8-6-16)35-27(33)36-25(22)39-13-15-4-9-20(30)19(11-15)28(2,3)26(37)38/h4-12,24H,13H2,1-3H3,(H,37,38)(H2,33,35,36). The number of aromatic nitrogens is 3. The predicted molar refractivity (Wildman–Crippen MR) is 136 cm³/mol. The number of nitrogens with two attached hydrogens (primary N) is 1. The molecule has 0 radical (unpaired) electrons. The Kier molecular flexibility index (Phi) is 7.53. The van der Waals surface area contributed by atoms with Crippen LogP contribution in [0.3, 0.4) is 0 Å². The summed E-state index contributed by atoms with van der Waals surface area (Å²) in [5.74, 6) is -2.66. The van der Waals surface area contributed by atoms with Crippen LogP contribution in [0.15, 0.2) is 54.6 Å². The van der Waals surface area contributed by atoms with Gasteiger partial charge in [-0.1, -0.05) is 6.07 Å². The van der Waals surface area contributed by atoms with Gasteiger partial charge in [0.15, 0.2) is 0 Å². The summed E-state index contributed by atoms with van der Waals surface area (Å²) in [5, 5.41) is 9.54. The smallest absolute Gasteiger partial charge is 0.313 e. The molecule has 0 bridgehead atoms. The minimum atomic E-state index is -2.85. The number of ether oxygens (including phenoxy) is 1. The van der Waals surface area contributed by atoms with E-state index in [-0.39, 0.29) is 40.8 Å². The third-order valence-electron chi connectivity index (χ3n) is 6.11. The Morgan fingerprint density at radius 3 is 2.33 bits per heavy atom. The highest BCUT2D eigenvalue weighted by Crippen LogP contribution is 2.39. The van der Waals surface area contributed by atoms with Gasteiger partial charge in [-0.2, -0.15) is 4.98 Å². The molecule has 0 unspecified atom stereocenters. The van der Waals surface area contributed by atoms with Crippen molar-refractivity contribution in [1.82, 2.24) is 15.0 Å². The van der Waals surface area contributed by atoms with Crippen molar-refractivity contribution in [3.8, 4) is 28.3 Å². The molecule has 202 valence electrons. The summed E-state index contributed by atoms with van der Waals surface area (Å²) < 4.78 is 61.3. The normalized spacial score (nSPS) is 11.6. The van der Waals surface area contributed by atoms with E-state index in [2.05, 4.69) is 15.0 Å². The molecule has 0 aliphatic carbocycles. The Hall–Kier alpha value is -4.54. The summed E-state index contributed by atoms with van der Waals surface area (Å²) in [4.78, 5) is 24.0. The van der Waals surface area contributed by atoms with Crippen molar-refractivity contribution in [2.24, 2.45) is 0 Å². The summed E-state index contributed by atoms with van der Waals surface area (Å²) in [6, 6.07) is 12.0. The maximum atomic E-state index is 14.5. The Balaban J connectivity index is 1.85. The first kappa shape index (κ1) is 27.5. The average Bonchev–Trinajstić information content (AvgIpc) is 2.87. The summed E-state index contributed by atoms with van der Waals surface area (Å²) >= 11 is 0. The molecular formula is C28H24F4N4O3. The van der Waals surface area contributed by atoms with Crippen LogP contribution in [0.25, 0.3) is 22.4 Å². The minimum Gasteiger partial charge on any atom is -0.481 e. The maximum absolute atomic E-state index is 14.5. The quantitative estimate of drug-likeness (QED) is 0.254. The van der Waals surface area contributed by atoms with E-state index in [1.807, 2.05) is 0 Å². The molecule has 11 heteroatoms. The van der Waals surface area contributed by atoms with E-state index in [0.717, 1.165) is 6.07 Å². The van der Waals surface area contributed by atoms with E-state index < -0.39 is 35.1 Å². The van der Waals surface area contributed by atoms with Crippen molar-refractivity contribution < 1.29 is 32.2 Å². The lowest BCUT2D eigenvalue weighted by Crippen LogP contribution is -2.29. The molecule has 0 atom stereocenters. The number of halogens is 4. The molecular weight excluding hydrogens is 516 g/mol. The number of aryl methyl sites for hydroxylation is 1. The van der Waals surface area contributed by atoms with E-state index in [1.54, 1.807) is 13.0 Å². The Bertz CT molecular complexity index is 1540. The van der Waals surface area contributed by atoms with E-state index >= 15 is 0 Å². The summed E-state index contributed by atoms with van der Waals surface area (Å²) in [6.07, 6.45) is -2.85. The number of nitrogens with zero attached hydrogens (tertiary/aromatic N) is 3. The molecule has 7 nitrogen and oxygen atoms in total. The average molecular weight is 541 g/mol. The second kappa shape index (κ2) is 10.7. The zero-order valence-corrected chi connectivity index (χ0v) is 21.2. The first-order valence-corrected chi connectivity index (χ1v) is 11.7. The second-order valence-corrected chi connectivity index (χ2v) is 9.37. The molecule has 0 aliphatic rings. The SMILES string of the molecule is Cc1cc(-c2c(OCc3ccc(F)c(C(C)(C)C(=O)O)c3)nc(N)nc2-c2ccc(F)cc2)cc(C(F)F)n1. The van der Waals surface area contributed by atoms with Crippen LogP contribution in [0.1, 0.15) is 42.8 Å². The van der Waals surface area contributed by atoms with Crippen molar-refractivity contribution in [3.05, 3.63) is 88.7 Å². The van der Waals surface area contributed by atoms with E-state index in [1.165, 1.54) is 56.3 Å². The number of benzene rings is 2. The topological polar surface area (TPSA) is 111 Å². The summed E-state index contributed by atoms with van der Waals surface area (Å²) in [7, 11) is 0. The molecule has 3 N–H and O–H groups in total. The number of carboxylic acids is 1. The molecule has 2 aromatic heterocycles. The molecule has 0 saturated heterocycles. The van der Waals surface area contributed by atoms with E-state index in [9.17, 15) is 27.5 Å². The number of alkyl halides is 2. The number of rotatable bonds is 8. The predicted octanol–water partition coefficient (Wildman–Crippen LogP) is 6.25. The Labute approximate surface area is 221 Å². The molecule has 39 heavy (non-hydrogen) atoms. The van der Waals surface area contributed by atoms with E-state index in [0.29, 0.717) is 16.8 Å². The Morgan fingerprint density at radius 2 is 1.69 bits per heavy atom. The van der Waals surface area contributed by atoms with Gasteiger partial charge in [0.1, 0.15) is 23.9 Å². The fraction of sp³-hybridized carbons (Fsp3) is 0.214. The van der Waals surface area contributed by atoms with Crippen molar-refractivity contribution in [3.63, 3.8) is 0 Å². The minimum absolute atomic E-state index is 0.0446. The van der Waals surface area contributed by atoms with Gasteiger partial charge in [-0.15, -0.1) is 0 Å². The molecule has 0 saturated carbocycles. The summed E-state index contributed by atoms with van der Waals surface area (Å²) in [5.41, 5.74) is 5.75. The Morgan fingerprint density at radius 1 is 1.00 bits per heavy atom. The molecule has 2 heterocycles. The van der Waals surface area contributed by atoms with Gasteiger partial charge in [-0.25, -0.2) is 22.5 Å². The van der Waals surface area contributed by atoms with Gasteiger partial charge < -0.3 is 15.6 Å². The van der Waals surface area contributed by atoms with Gasteiger partial charge in [0.2, 0.25) is 11.8 Å². The van der Waals surface area contributed by atoms with Crippen LogP contribution in [0.2, 0.25) is 0 Å². The van der Waals surface area contributed by atoms with Gasteiger partial charge in [-0.05, 0) is 80.4 Å². The third-order valence-corrected chi connectivity index (χ3v) is 6.11. The number of carboxylic acid groups (broad SMARTS) is 1. The summed E-state index contributed by atoms with van der Waals surface area (Å²) in [6.45, 7) is 4.11. The highest BCUT2D eigenvalue weighted by Gasteiger charge is 2.32. The highest BCUT2D eigenvalue weighted by molar-refractivity contribution is 5.85. The molecule has 4 rings (SSSR count). The lowest BCUT2D eigenvalue weighted by molar-refractivity contribution is -0.142. The number of nitrogen functional groups attached to an aromatic ring is 1. The van der Waals surface area contributed by atoms with Crippen LogP contribution >= 0.6 is 0 Å². The van der Waals surface area contributed by atoms with Crippen LogP contribution in [0.4, 0.5) is 23.5 Å². The monoisotopic (exact) mass is 540 g/mol. The number of carbonyl (C=O) groups is 1. The van der Waals surface area contributed by atoms with Gasteiger partial charge >= 0.3 is 5.97 Å². The van der Waals surface area contributed by atoms with Crippen molar-refractivity contribution in [2.45, 2.75) is 39.2 Å². The zero-order chi connectivity index (χ0) is 28.5. The molecule has 0 aliphatic heterocycles. The largest absolute Gasteiger partial charge is 0.481 e. The fourth-order valence-corrected chi connectivity index (χ4v) is 4.00. The van der Waals surface area contributed by atoms with Crippen LogP contribution in [0.5, 0.6) is 5.88 Å². The van der Waals surface area contributed by atoms with Crippen molar-refractivity contribution in [2.75, 3.05) is 5.73 Å². The number of hydrogen-bond acceptors (Lipinski definition) is 6. The number of aliphatic carboxylic acids is 1. The zero-order valence-electron chi connectivity index (χ0n) is 21.2. The van der Waals surface area contributed by atoms with Crippen LogP contribution in [0, 0.1) is 18.6 Å². The molecule has 2 aromatic carbocycles. The van der Waals surface area contributed by atoms with Crippen molar-refractivity contribution in [1.29, 1.82) is 0 Å². The van der Waals surface area contributed by atoms with Gasteiger partial charge in [0, 0.05) is 16.8 Å². The van der Waals surface area contributed by atoms with Gasteiger partial charge in [0.05, 0.1) is 16.7 Å². The van der Waals surface area contributed by atoms with Crippen molar-refractivity contribution >= 4 is 11.9 Å². The highest BCUT2D eigenvalue weighted by atomic mass is 19.3. The van der Waals surface area contributed by atoms with E-state index in [4.69, 9.17) is 10.5 Å². The fourth-order valence-electron chi connectivity index (χ4n) is 4.00. The van der Waals surface area contributed by atoms with Gasteiger partial charge in [0.25, 0.3) is 6.43 Å². The maximum Gasteiger partial charge on any atom is 0.313 e. The number of anilines is 1. The second-order valence-electron chi connectivity index (χ2n) is 9.37. The first-order chi connectivity index (χ1) is 18.4. The number of hydrogen-bond donors (Lipinski definition) is 2. The lowest BCUT2D eigenvalue weighted by atomic mass is 9.83. The molecule has 0 spiro atoms. The van der Waals surface area contributed by atoms with Crippen LogP contribution in [-0.2, 0) is 16.8 Å². The lowest BCUT2D eigenvalue weighted by Gasteiger charge is -2.21. The first-order valence-electron chi connectivity index (χ1n) is 11.7. The number of pyridine rings is 1. The molecule has 4 aromatic rings. The molecule has 0 fully saturated rings. The van der Waals surface area contributed by atoms with Gasteiger partial charge in [-0.3, -0.25) is 9.78 Å². The third kappa shape index (κ3) is 5.82.